The average Bonchev–Trinajstić information content (AvgIpc) is 3.10. The van der Waals surface area contributed by atoms with Gasteiger partial charge in [0.2, 0.25) is 5.91 Å². The molecule has 1 aromatic heterocycles. The van der Waals surface area contributed by atoms with Gasteiger partial charge in [0.25, 0.3) is 10.0 Å². The topological polar surface area (TPSA) is 68.6 Å². The van der Waals surface area contributed by atoms with E-state index >= 15 is 0 Å². The maximum Gasteiger partial charge on any atom is 0.272 e. The van der Waals surface area contributed by atoms with E-state index in [1.165, 1.54) is 0 Å². The second-order valence-electron chi connectivity index (χ2n) is 8.32. The predicted molar refractivity (Wildman–Crippen MR) is 128 cm³/mol. The largest absolute Gasteiger partial charge is 0.497 e. The third-order valence-corrected chi connectivity index (χ3v) is 8.05. The van der Waals surface area contributed by atoms with Crippen molar-refractivity contribution in [2.24, 2.45) is 7.05 Å². The Morgan fingerprint density at radius 1 is 0.970 bits per heavy atom. The van der Waals surface area contributed by atoms with Gasteiger partial charge in [0.1, 0.15) is 11.6 Å². The van der Waals surface area contributed by atoms with Crippen LogP contribution < -0.4 is 9.04 Å². The molecule has 1 aliphatic heterocycles. The molecule has 4 aromatic rings. The zero-order chi connectivity index (χ0) is 23.3. The van der Waals surface area contributed by atoms with Crippen LogP contribution >= 0.6 is 0 Å². The molecule has 5 rings (SSSR count). The highest BCUT2D eigenvalue weighted by Crippen LogP contribution is 2.47. The van der Waals surface area contributed by atoms with Crippen LogP contribution in [0, 0.1) is 6.92 Å². The zero-order valence-electron chi connectivity index (χ0n) is 18.6. The summed E-state index contributed by atoms with van der Waals surface area (Å²) in [6, 6.07) is 22.0. The minimum Gasteiger partial charge on any atom is -0.497 e. The molecular formula is C26H24N2O4S. The smallest absolute Gasteiger partial charge is 0.272 e. The van der Waals surface area contributed by atoms with E-state index in [1.807, 2.05) is 55.5 Å². The first-order valence-corrected chi connectivity index (χ1v) is 12.1. The van der Waals surface area contributed by atoms with Gasteiger partial charge in [-0.2, -0.15) is 4.31 Å². The summed E-state index contributed by atoms with van der Waals surface area (Å²) in [7, 11) is -0.703. The third kappa shape index (κ3) is 3.31. The minimum absolute atomic E-state index is 0.0540. The van der Waals surface area contributed by atoms with E-state index in [0.717, 1.165) is 31.9 Å². The van der Waals surface area contributed by atoms with Crippen molar-refractivity contribution in [2.75, 3.05) is 11.4 Å². The molecule has 2 heterocycles. The summed E-state index contributed by atoms with van der Waals surface area (Å²) in [6.07, 6.45) is 0.0540. The first-order chi connectivity index (χ1) is 15.8. The number of sulfonamides is 1. The number of carbonyl (C=O) groups excluding carboxylic acids is 1. The lowest BCUT2D eigenvalue weighted by Gasteiger charge is -2.32. The Hall–Kier alpha value is -3.58. The second-order valence-corrected chi connectivity index (χ2v) is 10.1. The number of carbonyl (C=O) groups is 1. The summed E-state index contributed by atoms with van der Waals surface area (Å²) >= 11 is 0. The molecule has 1 aliphatic rings. The second kappa shape index (κ2) is 7.78. The molecule has 3 aromatic carbocycles. The van der Waals surface area contributed by atoms with Crippen molar-refractivity contribution in [3.05, 3.63) is 89.5 Å². The molecule has 1 amide bonds. The molecule has 1 unspecified atom stereocenters. The van der Waals surface area contributed by atoms with Crippen LogP contribution in [-0.2, 0) is 21.9 Å². The molecule has 0 saturated heterocycles. The highest BCUT2D eigenvalue weighted by atomic mass is 32.2. The Morgan fingerprint density at radius 2 is 1.67 bits per heavy atom. The summed E-state index contributed by atoms with van der Waals surface area (Å²) in [6.45, 7) is 1.89. The summed E-state index contributed by atoms with van der Waals surface area (Å²) in [4.78, 5) is 13.6. The van der Waals surface area contributed by atoms with Crippen LogP contribution in [0.25, 0.3) is 10.9 Å². The average molecular weight is 461 g/mol. The van der Waals surface area contributed by atoms with Gasteiger partial charge in [0.15, 0.2) is 0 Å². The zero-order valence-corrected chi connectivity index (χ0v) is 19.5. The highest BCUT2D eigenvalue weighted by molar-refractivity contribution is 7.93. The Labute approximate surface area is 193 Å². The Kier molecular flexibility index (Phi) is 5.01. The first-order valence-electron chi connectivity index (χ1n) is 10.7. The van der Waals surface area contributed by atoms with Crippen molar-refractivity contribution in [3.8, 4) is 5.75 Å². The lowest BCUT2D eigenvalue weighted by Crippen LogP contribution is -2.42. The number of hydrogen-bond acceptors (Lipinski definition) is 4. The van der Waals surface area contributed by atoms with Crippen LogP contribution in [-0.4, -0.2) is 26.0 Å². The van der Waals surface area contributed by atoms with Gasteiger partial charge >= 0.3 is 0 Å². The van der Waals surface area contributed by atoms with Gasteiger partial charge in [0.05, 0.1) is 12.0 Å². The number of amides is 1. The number of aromatic nitrogens is 1. The van der Waals surface area contributed by atoms with Crippen molar-refractivity contribution < 1.29 is 17.9 Å². The van der Waals surface area contributed by atoms with Crippen LogP contribution in [0.2, 0.25) is 0 Å². The molecule has 0 fully saturated rings. The predicted octanol–water partition coefficient (Wildman–Crippen LogP) is 4.75. The van der Waals surface area contributed by atoms with Crippen LogP contribution in [0.4, 0.5) is 5.82 Å². The molecule has 1 atom stereocenters. The van der Waals surface area contributed by atoms with E-state index in [2.05, 4.69) is 0 Å². The van der Waals surface area contributed by atoms with Gasteiger partial charge in [-0.15, -0.1) is 0 Å². The van der Waals surface area contributed by atoms with Gasteiger partial charge in [0, 0.05) is 35.9 Å². The number of methoxy groups -OCH3 is 1. The number of nitrogens with zero attached hydrogens (tertiary/aromatic N) is 2. The fourth-order valence-corrected chi connectivity index (χ4v) is 6.15. The van der Waals surface area contributed by atoms with E-state index in [-0.39, 0.29) is 17.2 Å². The van der Waals surface area contributed by atoms with Crippen LogP contribution in [0.5, 0.6) is 5.75 Å². The lowest BCUT2D eigenvalue weighted by molar-refractivity contribution is -0.118. The van der Waals surface area contributed by atoms with Gasteiger partial charge in [-0.25, -0.2) is 8.42 Å². The normalized spacial score (nSPS) is 16.2. The fraction of sp³-hybridized carbons (Fsp3) is 0.192. The summed E-state index contributed by atoms with van der Waals surface area (Å²) in [5.41, 5.74) is 3.56. The maximum atomic E-state index is 13.7. The molecule has 0 spiro atoms. The van der Waals surface area contributed by atoms with Crippen molar-refractivity contribution in [2.45, 2.75) is 24.2 Å². The molecule has 33 heavy (non-hydrogen) atoms. The number of hydrogen-bond donors (Lipinski definition) is 0. The number of rotatable bonds is 4. The molecule has 6 nitrogen and oxygen atoms in total. The monoisotopic (exact) mass is 460 g/mol. The van der Waals surface area contributed by atoms with Gasteiger partial charge in [-0.3, -0.25) is 4.79 Å². The van der Waals surface area contributed by atoms with Crippen molar-refractivity contribution in [3.63, 3.8) is 0 Å². The molecule has 0 bridgehead atoms. The van der Waals surface area contributed by atoms with Crippen LogP contribution in [0.1, 0.15) is 29.0 Å². The van der Waals surface area contributed by atoms with Gasteiger partial charge in [-0.05, 0) is 42.8 Å². The summed E-state index contributed by atoms with van der Waals surface area (Å²) < 4.78 is 35.7. The number of aryl methyl sites for hydroxylation is 2. The van der Waals surface area contributed by atoms with Crippen molar-refractivity contribution in [1.29, 1.82) is 0 Å². The molecule has 0 aliphatic carbocycles. The van der Waals surface area contributed by atoms with Crippen molar-refractivity contribution in [1.82, 2.24) is 4.57 Å². The maximum absolute atomic E-state index is 13.7. The summed E-state index contributed by atoms with van der Waals surface area (Å²) in [5, 5.41) is 0.873. The number of anilines is 1. The van der Waals surface area contributed by atoms with E-state index in [1.54, 1.807) is 43.0 Å². The van der Waals surface area contributed by atoms with E-state index in [0.29, 0.717) is 11.6 Å². The highest BCUT2D eigenvalue weighted by Gasteiger charge is 2.43. The Balaban J connectivity index is 1.81. The summed E-state index contributed by atoms with van der Waals surface area (Å²) in [5.74, 6) is 0.334. The molecule has 0 N–H and O–H groups in total. The van der Waals surface area contributed by atoms with Gasteiger partial charge in [-0.1, -0.05) is 48.0 Å². The van der Waals surface area contributed by atoms with Crippen LogP contribution in [0.3, 0.4) is 0 Å². The van der Waals surface area contributed by atoms with E-state index < -0.39 is 15.9 Å². The Bertz CT molecular complexity index is 1470. The van der Waals surface area contributed by atoms with Gasteiger partial charge < -0.3 is 9.30 Å². The third-order valence-electron chi connectivity index (χ3n) is 6.32. The fourth-order valence-electron chi connectivity index (χ4n) is 4.67. The SMILES string of the molecule is COc1ccc2c(c1)c1c(n2C)N(S(=O)(=O)c2ccc(C)cc2)C(=O)CC1c1ccccc1. The lowest BCUT2D eigenvalue weighted by atomic mass is 9.85. The molecule has 168 valence electrons. The molecule has 0 saturated carbocycles. The van der Waals surface area contributed by atoms with Crippen molar-refractivity contribution >= 4 is 32.7 Å². The minimum atomic E-state index is -4.10. The molecule has 7 heteroatoms. The number of ether oxygens (including phenoxy) is 1. The van der Waals surface area contributed by atoms with E-state index in [9.17, 15) is 13.2 Å². The van der Waals surface area contributed by atoms with E-state index in [4.69, 9.17) is 4.74 Å². The molecular weight excluding hydrogens is 436 g/mol. The Morgan fingerprint density at radius 3 is 2.33 bits per heavy atom. The quantitative estimate of drug-likeness (QED) is 0.441. The first kappa shape index (κ1) is 21.3. The molecule has 0 radical (unpaired) electrons. The number of benzene rings is 3. The standard InChI is InChI=1S/C26H24N2O4S/c1-17-9-12-20(13-10-17)33(30,31)28-24(29)16-21(18-7-5-4-6-8-18)25-22-15-19(32-3)11-14-23(22)27(2)26(25)28/h4-15,21H,16H2,1-3H3. The number of fused-ring (bicyclic) bond motifs is 3. The van der Waals surface area contributed by atoms with Crippen LogP contribution in [0.15, 0.2) is 77.7 Å².